The van der Waals surface area contributed by atoms with Crippen molar-refractivity contribution >= 4 is 11.5 Å². The molecule has 0 spiro atoms. The number of benzene rings is 2. The van der Waals surface area contributed by atoms with Gasteiger partial charge in [0.25, 0.3) is 0 Å². The molecule has 206 valence electrons. The van der Waals surface area contributed by atoms with Crippen LogP contribution < -0.4 is 10.6 Å². The van der Waals surface area contributed by atoms with E-state index in [9.17, 15) is 9.18 Å². The molecule has 2 N–H and O–H groups in total. The number of nitrogens with one attached hydrogen (secondary N) is 2. The van der Waals surface area contributed by atoms with Gasteiger partial charge in [-0.05, 0) is 86.9 Å². The third kappa shape index (κ3) is 6.42. The van der Waals surface area contributed by atoms with E-state index in [0.29, 0.717) is 12.1 Å². The number of carbonyl (C=O) groups excluding carboxylic acids is 1. The van der Waals surface area contributed by atoms with E-state index in [1.807, 2.05) is 24.3 Å². The van der Waals surface area contributed by atoms with Gasteiger partial charge in [0, 0.05) is 54.1 Å². The Balaban J connectivity index is 1.29. The number of hydrogen-bond donors (Lipinski definition) is 2. The second-order valence-corrected chi connectivity index (χ2v) is 11.6. The molecule has 1 atom stereocenters. The number of Topliss-reactive ketones (excluding diaryl/α,β-unsaturated/α-hetero) is 1. The molecule has 2 aliphatic carbocycles. The zero-order chi connectivity index (χ0) is 27.4. The molecule has 1 heterocycles. The van der Waals surface area contributed by atoms with Crippen LogP contribution in [-0.4, -0.2) is 41.9 Å². The van der Waals surface area contributed by atoms with Crippen LogP contribution in [0.15, 0.2) is 78.5 Å². The average molecular weight is 528 g/mol. The van der Waals surface area contributed by atoms with Gasteiger partial charge in [0.2, 0.25) is 0 Å². The average Bonchev–Trinajstić information content (AvgIpc) is 3.50. The number of likely N-dealkylation sites (tertiary alicyclic amines) is 1. The van der Waals surface area contributed by atoms with Gasteiger partial charge in [0.05, 0.1) is 0 Å². The molecule has 2 aromatic carbocycles. The lowest BCUT2D eigenvalue weighted by Crippen LogP contribution is -2.56. The fourth-order valence-electron chi connectivity index (χ4n) is 6.57. The van der Waals surface area contributed by atoms with Crippen LogP contribution in [0.1, 0.15) is 79.3 Å². The minimum atomic E-state index is -0.195. The molecule has 1 aliphatic heterocycles. The van der Waals surface area contributed by atoms with E-state index in [0.717, 1.165) is 55.3 Å². The Kier molecular flexibility index (Phi) is 8.49. The smallest absolute Gasteiger partial charge is 0.159 e. The highest BCUT2D eigenvalue weighted by molar-refractivity contribution is 5.94. The third-order valence-corrected chi connectivity index (χ3v) is 8.99. The van der Waals surface area contributed by atoms with Crippen molar-refractivity contribution in [2.24, 2.45) is 0 Å². The Morgan fingerprint density at radius 3 is 2.56 bits per heavy atom. The van der Waals surface area contributed by atoms with E-state index in [1.54, 1.807) is 19.9 Å². The monoisotopic (exact) mass is 527 g/mol. The highest BCUT2D eigenvalue weighted by Gasteiger charge is 2.39. The summed E-state index contributed by atoms with van der Waals surface area (Å²) in [6.45, 7) is 10.5. The Labute approximate surface area is 233 Å². The molecule has 1 saturated heterocycles. The summed E-state index contributed by atoms with van der Waals surface area (Å²) in [6, 6.07) is 13.9. The maximum atomic E-state index is 13.7. The van der Waals surface area contributed by atoms with Gasteiger partial charge in [-0.2, -0.15) is 0 Å². The van der Waals surface area contributed by atoms with Crippen molar-refractivity contribution in [1.82, 2.24) is 10.2 Å². The summed E-state index contributed by atoms with van der Waals surface area (Å²) in [4.78, 5) is 14.6. The number of nitrogens with zero attached hydrogens (tertiary/aromatic N) is 1. The normalized spacial score (nSPS) is 21.5. The Bertz CT molecular complexity index is 1260. The molecule has 1 saturated carbocycles. The van der Waals surface area contributed by atoms with Gasteiger partial charge in [-0.15, -0.1) is 0 Å². The maximum absolute atomic E-state index is 13.7. The Morgan fingerprint density at radius 1 is 1.13 bits per heavy atom. The fraction of sp³-hybridized carbons (Fsp3) is 0.441. The summed E-state index contributed by atoms with van der Waals surface area (Å²) in [5.41, 5.74) is 5.57. The number of anilines is 1. The molecule has 3 aliphatic rings. The largest absolute Gasteiger partial charge is 0.358 e. The number of piperidine rings is 1. The van der Waals surface area contributed by atoms with Crippen molar-refractivity contribution in [2.75, 3.05) is 25.0 Å². The van der Waals surface area contributed by atoms with Gasteiger partial charge in [0.1, 0.15) is 5.82 Å². The van der Waals surface area contributed by atoms with E-state index in [4.69, 9.17) is 0 Å². The number of halogens is 1. The lowest BCUT2D eigenvalue weighted by Gasteiger charge is -2.46. The fourth-order valence-corrected chi connectivity index (χ4v) is 6.57. The van der Waals surface area contributed by atoms with Gasteiger partial charge in [-0.25, -0.2) is 4.39 Å². The topological polar surface area (TPSA) is 44.4 Å². The van der Waals surface area contributed by atoms with Crippen molar-refractivity contribution in [3.63, 3.8) is 0 Å². The van der Waals surface area contributed by atoms with Crippen molar-refractivity contribution < 1.29 is 9.18 Å². The van der Waals surface area contributed by atoms with Crippen LogP contribution in [0.4, 0.5) is 10.1 Å². The van der Waals surface area contributed by atoms with Gasteiger partial charge >= 0.3 is 0 Å². The molecule has 5 heteroatoms. The molecule has 4 nitrogen and oxygen atoms in total. The number of rotatable bonds is 9. The minimum Gasteiger partial charge on any atom is -0.358 e. The van der Waals surface area contributed by atoms with Gasteiger partial charge < -0.3 is 15.5 Å². The molecule has 0 radical (unpaired) electrons. The number of ketones is 1. The second kappa shape index (κ2) is 12.0. The van der Waals surface area contributed by atoms with E-state index in [-0.39, 0.29) is 23.1 Å². The van der Waals surface area contributed by atoms with Crippen LogP contribution in [0.25, 0.3) is 0 Å². The van der Waals surface area contributed by atoms with E-state index in [2.05, 4.69) is 46.4 Å². The molecule has 0 aromatic heterocycles. The molecule has 0 amide bonds. The molecule has 2 fully saturated rings. The summed E-state index contributed by atoms with van der Waals surface area (Å²) in [7, 11) is 0. The molecular weight excluding hydrogens is 485 g/mol. The minimum absolute atomic E-state index is 0.106. The van der Waals surface area contributed by atoms with Gasteiger partial charge in [0.15, 0.2) is 5.78 Å². The van der Waals surface area contributed by atoms with Crippen LogP contribution in [-0.2, 0) is 0 Å². The highest BCUT2D eigenvalue weighted by atomic mass is 19.1. The van der Waals surface area contributed by atoms with Gasteiger partial charge in [-0.3, -0.25) is 4.79 Å². The van der Waals surface area contributed by atoms with Crippen LogP contribution >= 0.6 is 0 Å². The molecule has 0 bridgehead atoms. The first-order valence-electron chi connectivity index (χ1n) is 14.5. The molecule has 1 unspecified atom stereocenters. The number of hydrogen-bond acceptors (Lipinski definition) is 4. The van der Waals surface area contributed by atoms with Crippen molar-refractivity contribution in [3.05, 3.63) is 101 Å². The summed E-state index contributed by atoms with van der Waals surface area (Å²) in [6.07, 6.45) is 15.5. The lowest BCUT2D eigenvalue weighted by atomic mass is 9.76. The number of aryl methyl sites for hydroxylation is 1. The predicted octanol–water partition coefficient (Wildman–Crippen LogP) is 7.30. The van der Waals surface area contributed by atoms with Crippen LogP contribution in [0.3, 0.4) is 0 Å². The van der Waals surface area contributed by atoms with E-state index in [1.165, 1.54) is 42.9 Å². The SMILES string of the molecule is C=C(CNC1(C2=CCC(c3cccc(C(C)=O)c3)C=C2)CCN(C2CCCC2)CC1)Nc1ccc(F)c(C)c1. The first kappa shape index (κ1) is 27.5. The summed E-state index contributed by atoms with van der Waals surface area (Å²) >= 11 is 0. The molecule has 5 rings (SSSR count). The number of carbonyl (C=O) groups is 1. The number of allylic oxidation sites excluding steroid dienone is 2. The third-order valence-electron chi connectivity index (χ3n) is 8.99. The quantitative estimate of drug-likeness (QED) is 0.336. The summed E-state index contributed by atoms with van der Waals surface area (Å²) in [5, 5.41) is 7.28. The molecular formula is C34H42FN3O. The first-order valence-corrected chi connectivity index (χ1v) is 14.5. The highest BCUT2D eigenvalue weighted by Crippen LogP contribution is 2.38. The second-order valence-electron chi connectivity index (χ2n) is 11.6. The molecule has 2 aromatic rings. The van der Waals surface area contributed by atoms with Crippen molar-refractivity contribution in [3.8, 4) is 0 Å². The van der Waals surface area contributed by atoms with Gasteiger partial charge in [-0.1, -0.05) is 55.8 Å². The Hall–Kier alpha value is -3.02. The lowest BCUT2D eigenvalue weighted by molar-refractivity contribution is 0.101. The zero-order valence-electron chi connectivity index (χ0n) is 23.4. The summed E-state index contributed by atoms with van der Waals surface area (Å²) < 4.78 is 13.7. The van der Waals surface area contributed by atoms with Crippen molar-refractivity contribution in [1.29, 1.82) is 0 Å². The van der Waals surface area contributed by atoms with Crippen LogP contribution in [0, 0.1) is 12.7 Å². The Morgan fingerprint density at radius 2 is 1.90 bits per heavy atom. The summed E-state index contributed by atoms with van der Waals surface area (Å²) in [5.74, 6) is 0.191. The standard InChI is InChI=1S/C34H42FN3O/c1-24-21-31(15-16-33(24)35)37-25(2)23-36-34(17-19-38(20-18-34)32-9-4-5-10-32)30-13-11-27(12-14-30)29-8-6-7-28(22-29)26(3)39/h6-8,11,13-16,21-22,27,32,36-37H,2,4-5,9-10,12,17-20,23H2,1,3H3. The van der Waals surface area contributed by atoms with E-state index < -0.39 is 0 Å². The zero-order valence-corrected chi connectivity index (χ0v) is 23.4. The molecule has 39 heavy (non-hydrogen) atoms. The predicted molar refractivity (Wildman–Crippen MR) is 159 cm³/mol. The maximum Gasteiger partial charge on any atom is 0.159 e. The van der Waals surface area contributed by atoms with Crippen molar-refractivity contribution in [2.45, 2.75) is 76.3 Å². The first-order chi connectivity index (χ1) is 18.8. The van der Waals surface area contributed by atoms with Crippen LogP contribution in [0.5, 0.6) is 0 Å². The van der Waals surface area contributed by atoms with E-state index >= 15 is 0 Å². The van der Waals surface area contributed by atoms with Crippen LogP contribution in [0.2, 0.25) is 0 Å².